The average Bonchev–Trinajstić information content (AvgIpc) is 2.53. The Labute approximate surface area is 130 Å². The zero-order valence-corrected chi connectivity index (χ0v) is 13.4. The summed E-state index contributed by atoms with van der Waals surface area (Å²) in [6, 6.07) is 7.36. The van der Waals surface area contributed by atoms with E-state index >= 15 is 0 Å². The van der Waals surface area contributed by atoms with E-state index in [0.29, 0.717) is 17.6 Å². The van der Waals surface area contributed by atoms with Gasteiger partial charge in [-0.1, -0.05) is 13.8 Å². The quantitative estimate of drug-likeness (QED) is 0.818. The fourth-order valence-corrected chi connectivity index (χ4v) is 1.86. The summed E-state index contributed by atoms with van der Waals surface area (Å²) in [7, 11) is 3.24. The van der Waals surface area contributed by atoms with Gasteiger partial charge in [0.2, 0.25) is 5.95 Å². The van der Waals surface area contributed by atoms with Gasteiger partial charge in [-0.2, -0.15) is 4.98 Å². The molecule has 6 nitrogen and oxygen atoms in total. The third kappa shape index (κ3) is 4.25. The summed E-state index contributed by atoms with van der Waals surface area (Å²) in [5.74, 6) is 3.26. The lowest BCUT2D eigenvalue weighted by Gasteiger charge is -2.13. The first-order valence-corrected chi connectivity index (χ1v) is 7.18. The Balaban J connectivity index is 2.18. The summed E-state index contributed by atoms with van der Waals surface area (Å²) < 4.78 is 10.6. The van der Waals surface area contributed by atoms with Crippen molar-refractivity contribution in [1.82, 2.24) is 9.97 Å². The molecule has 1 aromatic carbocycles. The summed E-state index contributed by atoms with van der Waals surface area (Å²) in [4.78, 5) is 8.68. The second kappa shape index (κ2) is 7.49. The lowest BCUT2D eigenvalue weighted by Crippen LogP contribution is -2.10. The van der Waals surface area contributed by atoms with Crippen molar-refractivity contribution in [2.45, 2.75) is 13.8 Å². The maximum atomic E-state index is 5.34. The molecule has 118 valence electrons. The van der Waals surface area contributed by atoms with Crippen LogP contribution in [0.4, 0.5) is 17.5 Å². The van der Waals surface area contributed by atoms with Crippen LogP contribution in [-0.4, -0.2) is 30.7 Å². The first-order chi connectivity index (χ1) is 10.6. The van der Waals surface area contributed by atoms with E-state index in [1.807, 2.05) is 24.3 Å². The zero-order chi connectivity index (χ0) is 15.9. The molecule has 1 heterocycles. The summed E-state index contributed by atoms with van der Waals surface area (Å²) in [5, 5.41) is 6.43. The van der Waals surface area contributed by atoms with Crippen LogP contribution in [-0.2, 0) is 0 Å². The van der Waals surface area contributed by atoms with Crippen molar-refractivity contribution in [2.75, 3.05) is 31.4 Å². The van der Waals surface area contributed by atoms with Gasteiger partial charge in [-0.05, 0) is 24.1 Å². The molecule has 0 atom stereocenters. The monoisotopic (exact) mass is 302 g/mol. The summed E-state index contributed by atoms with van der Waals surface area (Å²) in [6.07, 6.45) is 1.71. The Hall–Kier alpha value is -2.50. The molecule has 0 saturated carbocycles. The van der Waals surface area contributed by atoms with E-state index in [4.69, 9.17) is 9.47 Å². The maximum absolute atomic E-state index is 5.34. The van der Waals surface area contributed by atoms with Crippen molar-refractivity contribution in [2.24, 2.45) is 5.92 Å². The number of ether oxygens (including phenoxy) is 2. The Bertz CT molecular complexity index is 617. The van der Waals surface area contributed by atoms with E-state index in [0.717, 1.165) is 23.8 Å². The van der Waals surface area contributed by atoms with Crippen LogP contribution >= 0.6 is 0 Å². The average molecular weight is 302 g/mol. The fraction of sp³-hybridized carbons (Fsp3) is 0.375. The molecule has 0 amide bonds. The van der Waals surface area contributed by atoms with Gasteiger partial charge in [0.15, 0.2) is 0 Å². The van der Waals surface area contributed by atoms with Crippen molar-refractivity contribution in [1.29, 1.82) is 0 Å². The van der Waals surface area contributed by atoms with Crippen LogP contribution < -0.4 is 20.1 Å². The third-order valence-corrected chi connectivity index (χ3v) is 3.00. The molecule has 2 rings (SSSR count). The van der Waals surface area contributed by atoms with Crippen molar-refractivity contribution < 1.29 is 9.47 Å². The first-order valence-electron chi connectivity index (χ1n) is 7.18. The van der Waals surface area contributed by atoms with Crippen LogP contribution in [0.2, 0.25) is 0 Å². The summed E-state index contributed by atoms with van der Waals surface area (Å²) in [5.41, 5.74) is 0.753. The van der Waals surface area contributed by atoms with Gasteiger partial charge in [0, 0.05) is 18.8 Å². The molecule has 1 aromatic heterocycles. The van der Waals surface area contributed by atoms with Crippen LogP contribution in [0.5, 0.6) is 11.5 Å². The molecule has 0 saturated heterocycles. The van der Waals surface area contributed by atoms with Crippen LogP contribution in [0.3, 0.4) is 0 Å². The van der Waals surface area contributed by atoms with E-state index < -0.39 is 0 Å². The topological polar surface area (TPSA) is 68.3 Å². The van der Waals surface area contributed by atoms with Gasteiger partial charge >= 0.3 is 0 Å². The molecule has 0 aliphatic heterocycles. The fourth-order valence-electron chi connectivity index (χ4n) is 1.86. The molecule has 0 aliphatic rings. The Kier molecular flexibility index (Phi) is 5.41. The molecule has 0 aliphatic carbocycles. The maximum Gasteiger partial charge on any atom is 0.229 e. The molecule has 6 heteroatoms. The van der Waals surface area contributed by atoms with Crippen LogP contribution in [0.25, 0.3) is 0 Å². The van der Waals surface area contributed by atoms with Crippen LogP contribution in [0, 0.1) is 5.92 Å². The molecule has 2 aromatic rings. The number of rotatable bonds is 7. The van der Waals surface area contributed by atoms with Crippen molar-refractivity contribution in [3.63, 3.8) is 0 Å². The van der Waals surface area contributed by atoms with Crippen molar-refractivity contribution in [3.8, 4) is 11.5 Å². The summed E-state index contributed by atoms with van der Waals surface area (Å²) in [6.45, 7) is 5.15. The molecule has 22 heavy (non-hydrogen) atoms. The highest BCUT2D eigenvalue weighted by Gasteiger charge is 2.07. The number of anilines is 3. The van der Waals surface area contributed by atoms with Crippen LogP contribution in [0.1, 0.15) is 13.8 Å². The van der Waals surface area contributed by atoms with Gasteiger partial charge in [-0.15, -0.1) is 0 Å². The molecule has 0 fully saturated rings. The highest BCUT2D eigenvalue weighted by molar-refractivity contribution is 5.65. The van der Waals surface area contributed by atoms with Crippen molar-refractivity contribution >= 4 is 17.5 Å². The minimum absolute atomic E-state index is 0.500. The van der Waals surface area contributed by atoms with Gasteiger partial charge in [-0.3, -0.25) is 0 Å². The van der Waals surface area contributed by atoms with E-state index in [1.54, 1.807) is 20.4 Å². The minimum Gasteiger partial charge on any atom is -0.497 e. The molecule has 0 bridgehead atoms. The second-order valence-corrected chi connectivity index (χ2v) is 5.23. The van der Waals surface area contributed by atoms with E-state index in [1.165, 1.54) is 0 Å². The number of methoxy groups -OCH3 is 2. The van der Waals surface area contributed by atoms with Gasteiger partial charge in [0.25, 0.3) is 0 Å². The van der Waals surface area contributed by atoms with Gasteiger partial charge in [0.1, 0.15) is 17.3 Å². The molecule has 0 unspecified atom stereocenters. The minimum atomic E-state index is 0.500. The number of hydrogen-bond donors (Lipinski definition) is 2. The Morgan fingerprint density at radius 1 is 1.14 bits per heavy atom. The molecule has 0 spiro atoms. The normalized spacial score (nSPS) is 10.4. The van der Waals surface area contributed by atoms with E-state index in [2.05, 4.69) is 34.4 Å². The predicted octanol–water partition coefficient (Wildman–Crippen LogP) is 3.31. The number of aromatic nitrogens is 2. The highest BCUT2D eigenvalue weighted by atomic mass is 16.5. The lowest BCUT2D eigenvalue weighted by atomic mass is 10.2. The molecular weight excluding hydrogens is 280 g/mol. The SMILES string of the molecule is COc1ccc(OC)c(Nc2nccc(NCC(C)C)n2)c1. The zero-order valence-electron chi connectivity index (χ0n) is 13.4. The van der Waals surface area contributed by atoms with Crippen molar-refractivity contribution in [3.05, 3.63) is 30.5 Å². The smallest absolute Gasteiger partial charge is 0.229 e. The number of hydrogen-bond acceptors (Lipinski definition) is 6. The Morgan fingerprint density at radius 3 is 2.64 bits per heavy atom. The first kappa shape index (κ1) is 15.9. The van der Waals surface area contributed by atoms with Gasteiger partial charge in [0.05, 0.1) is 19.9 Å². The largest absolute Gasteiger partial charge is 0.497 e. The van der Waals surface area contributed by atoms with Crippen LogP contribution in [0.15, 0.2) is 30.5 Å². The van der Waals surface area contributed by atoms with Gasteiger partial charge in [-0.25, -0.2) is 4.98 Å². The molecule has 0 radical (unpaired) electrons. The molecule has 2 N–H and O–H groups in total. The lowest BCUT2D eigenvalue weighted by molar-refractivity contribution is 0.405. The Morgan fingerprint density at radius 2 is 1.95 bits per heavy atom. The number of benzene rings is 1. The second-order valence-electron chi connectivity index (χ2n) is 5.23. The van der Waals surface area contributed by atoms with E-state index in [-0.39, 0.29) is 0 Å². The predicted molar refractivity (Wildman–Crippen MR) is 88.2 cm³/mol. The highest BCUT2D eigenvalue weighted by Crippen LogP contribution is 2.30. The summed E-state index contributed by atoms with van der Waals surface area (Å²) >= 11 is 0. The number of nitrogens with zero attached hydrogens (tertiary/aromatic N) is 2. The number of nitrogens with one attached hydrogen (secondary N) is 2. The van der Waals surface area contributed by atoms with E-state index in [9.17, 15) is 0 Å². The third-order valence-electron chi connectivity index (χ3n) is 3.00. The van der Waals surface area contributed by atoms with Gasteiger partial charge < -0.3 is 20.1 Å². The standard InChI is InChI=1S/C16H22N4O2/c1-11(2)10-18-15-7-8-17-16(20-15)19-13-9-12(21-3)5-6-14(13)22-4/h5-9,11H,10H2,1-4H3,(H2,17,18,19,20). The molecular formula is C16H22N4O2.